The summed E-state index contributed by atoms with van der Waals surface area (Å²) in [5, 5.41) is 0. The fourth-order valence-corrected chi connectivity index (χ4v) is 0. The standard InChI is InChI=1S/2Na.H2O2S3.2H/c;;1-5(2,3)4;;/h;;(H2,1,2,3,4);;. The van der Waals surface area contributed by atoms with Crippen molar-refractivity contribution in [3.8, 4) is 0 Å². The van der Waals surface area contributed by atoms with E-state index < -0.39 is 7.90 Å². The summed E-state index contributed by atoms with van der Waals surface area (Å²) in [7, 11) is -3.28. The second kappa shape index (κ2) is 6.77. The van der Waals surface area contributed by atoms with E-state index >= 15 is 0 Å². The van der Waals surface area contributed by atoms with E-state index in [4.69, 9.17) is 0 Å². The number of hydrogen-bond acceptors (Lipinski definition) is 2. The maximum atomic E-state index is 9.36. The Morgan fingerprint density at radius 1 is 1.00 bits per heavy atom. The summed E-state index contributed by atoms with van der Waals surface area (Å²) in [5.74, 6) is 0. The van der Waals surface area contributed by atoms with Crippen LogP contribution < -0.4 is 0 Å². The molecule has 0 aromatic rings. The van der Waals surface area contributed by atoms with Gasteiger partial charge in [0.1, 0.15) is 0 Å². The molecule has 0 aliphatic carbocycles. The Bertz CT molecular complexity index is 94.1. The third-order valence-electron chi connectivity index (χ3n) is 0. The van der Waals surface area contributed by atoms with Crippen molar-refractivity contribution in [2.75, 3.05) is 0 Å². The van der Waals surface area contributed by atoms with Crippen LogP contribution in [-0.2, 0) is 7.90 Å². The van der Waals surface area contributed by atoms with Gasteiger partial charge in [-0.15, -0.1) is 0 Å². The molecular formula is H4Na2O2S3. The molecular weight excluding hydrogens is 174 g/mol. The van der Waals surface area contributed by atoms with Crippen molar-refractivity contribution in [3.63, 3.8) is 0 Å². The van der Waals surface area contributed by atoms with Crippen molar-refractivity contribution in [1.82, 2.24) is 0 Å². The van der Waals surface area contributed by atoms with Gasteiger partial charge in [0.15, 0.2) is 0 Å². The Balaban J connectivity index is -0.0000000800. The molecule has 2 nitrogen and oxygen atoms in total. The van der Waals surface area contributed by atoms with Crippen LogP contribution in [0.1, 0.15) is 0 Å². The molecule has 0 saturated heterocycles. The van der Waals surface area contributed by atoms with Gasteiger partial charge >= 0.3 is 59.1 Å². The van der Waals surface area contributed by atoms with E-state index in [2.05, 4.69) is 23.3 Å². The Labute approximate surface area is 96.9 Å². The average molecular weight is 178 g/mol. The Morgan fingerprint density at radius 3 is 1.00 bits per heavy atom. The van der Waals surface area contributed by atoms with Crippen LogP contribution in [0.3, 0.4) is 0 Å². The molecule has 0 spiro atoms. The minimum absolute atomic E-state index is 0. The summed E-state index contributed by atoms with van der Waals surface area (Å²) in [4.78, 5) is 0. The predicted molar refractivity (Wildman–Crippen MR) is 41.2 cm³/mol. The van der Waals surface area contributed by atoms with Gasteiger partial charge in [-0.1, -0.05) is 0 Å². The van der Waals surface area contributed by atoms with Crippen LogP contribution in [0.5, 0.6) is 0 Å². The molecule has 0 aromatic carbocycles. The van der Waals surface area contributed by atoms with Gasteiger partial charge in [-0.2, -0.15) is 0 Å². The molecule has 0 radical (unpaired) electrons. The first-order chi connectivity index (χ1) is 2.00. The van der Waals surface area contributed by atoms with E-state index in [-0.39, 0.29) is 59.1 Å². The van der Waals surface area contributed by atoms with Crippen LogP contribution in [-0.4, -0.2) is 67.5 Å². The second-order valence-electron chi connectivity index (χ2n) is 0.448. The third-order valence-corrected chi connectivity index (χ3v) is 0. The molecule has 7 heavy (non-hydrogen) atoms. The first-order valence-corrected chi connectivity index (χ1v) is 4.29. The molecule has 0 N–H and O–H groups in total. The topological polar surface area (TPSA) is 34.1 Å². The molecule has 0 amide bonds. The van der Waals surface area contributed by atoms with E-state index in [1.807, 2.05) is 0 Å². The van der Waals surface area contributed by atoms with Crippen molar-refractivity contribution in [2.45, 2.75) is 0 Å². The van der Waals surface area contributed by atoms with E-state index in [1.165, 1.54) is 0 Å². The minimum atomic E-state index is -3.28. The molecule has 0 atom stereocenters. The normalized spacial score (nSPS) is 8.29. The number of hydrogen-bond donors (Lipinski definition) is 2. The van der Waals surface area contributed by atoms with Crippen molar-refractivity contribution < 1.29 is 8.42 Å². The van der Waals surface area contributed by atoms with Gasteiger partial charge in [-0.05, 0) is 23.3 Å². The SMILES string of the molecule is O=S(=O)(S)S.[NaH].[NaH]. The first kappa shape index (κ1) is 16.3. The maximum absolute atomic E-state index is 9.36. The average Bonchev–Trinajstić information content (AvgIpc) is 0.722. The monoisotopic (exact) mass is 178 g/mol. The van der Waals surface area contributed by atoms with E-state index in [0.717, 1.165) is 0 Å². The van der Waals surface area contributed by atoms with Gasteiger partial charge in [0.25, 0.3) is 0 Å². The van der Waals surface area contributed by atoms with Crippen molar-refractivity contribution in [3.05, 3.63) is 0 Å². The molecule has 0 saturated carbocycles. The molecule has 0 fully saturated rings. The molecule has 0 aromatic heterocycles. The summed E-state index contributed by atoms with van der Waals surface area (Å²) in [6.07, 6.45) is 0. The fourth-order valence-electron chi connectivity index (χ4n) is 0. The van der Waals surface area contributed by atoms with Crippen LogP contribution in [0.25, 0.3) is 0 Å². The second-order valence-corrected chi connectivity index (χ2v) is 5.09. The van der Waals surface area contributed by atoms with Crippen LogP contribution in [0.15, 0.2) is 0 Å². The van der Waals surface area contributed by atoms with E-state index in [9.17, 15) is 8.42 Å². The molecule has 7 heteroatoms. The van der Waals surface area contributed by atoms with Crippen LogP contribution >= 0.6 is 23.3 Å². The molecule has 0 aliphatic rings. The van der Waals surface area contributed by atoms with Gasteiger partial charge in [0.2, 0.25) is 7.90 Å². The van der Waals surface area contributed by atoms with E-state index in [1.54, 1.807) is 0 Å². The number of rotatable bonds is 0. The molecule has 0 bridgehead atoms. The van der Waals surface area contributed by atoms with Gasteiger partial charge < -0.3 is 0 Å². The zero-order chi connectivity index (χ0) is 4.50. The Kier molecular flexibility index (Phi) is 15.8. The summed E-state index contributed by atoms with van der Waals surface area (Å²) in [6, 6.07) is 0. The fraction of sp³-hybridized carbons (Fsp3) is 0. The summed E-state index contributed by atoms with van der Waals surface area (Å²) >= 11 is 5.92. The molecule has 36 valence electrons. The third kappa shape index (κ3) is 54.5. The van der Waals surface area contributed by atoms with Crippen molar-refractivity contribution in [1.29, 1.82) is 0 Å². The van der Waals surface area contributed by atoms with Gasteiger partial charge in [0, 0.05) is 0 Å². The van der Waals surface area contributed by atoms with Gasteiger partial charge in [-0.3, -0.25) is 0 Å². The summed E-state index contributed by atoms with van der Waals surface area (Å²) in [6.45, 7) is 0. The summed E-state index contributed by atoms with van der Waals surface area (Å²) < 4.78 is 18.7. The van der Waals surface area contributed by atoms with Gasteiger partial charge in [-0.25, -0.2) is 8.42 Å². The predicted octanol–water partition coefficient (Wildman–Crippen LogP) is -1.21. The zero-order valence-electron chi connectivity index (χ0n) is 2.12. The first-order valence-electron chi connectivity index (χ1n) is 0.698. The molecule has 0 heterocycles. The molecule has 0 rings (SSSR count). The number of thiol groups is 2. The van der Waals surface area contributed by atoms with Crippen molar-refractivity contribution >= 4 is 90.3 Å². The van der Waals surface area contributed by atoms with Crippen molar-refractivity contribution in [2.24, 2.45) is 0 Å². The van der Waals surface area contributed by atoms with Crippen LogP contribution in [0, 0.1) is 0 Å². The molecule has 0 unspecified atom stereocenters. The van der Waals surface area contributed by atoms with Crippen LogP contribution in [0.4, 0.5) is 0 Å². The Morgan fingerprint density at radius 2 is 1.00 bits per heavy atom. The molecule has 0 aliphatic heterocycles. The van der Waals surface area contributed by atoms with Crippen LogP contribution in [0.2, 0.25) is 0 Å². The Hall–Kier alpha value is 2.65. The van der Waals surface area contributed by atoms with E-state index in [0.29, 0.717) is 0 Å². The quantitative estimate of drug-likeness (QED) is 0.277. The summed E-state index contributed by atoms with van der Waals surface area (Å²) in [5.41, 5.74) is 0. The van der Waals surface area contributed by atoms with Gasteiger partial charge in [0.05, 0.1) is 0 Å². The zero-order valence-corrected chi connectivity index (χ0v) is 4.72.